The van der Waals surface area contributed by atoms with Gasteiger partial charge in [-0.15, -0.1) is 0 Å². The molecule has 1 saturated heterocycles. The van der Waals surface area contributed by atoms with Crippen LogP contribution in [0, 0.1) is 0 Å². The molecule has 1 aromatic rings. The van der Waals surface area contributed by atoms with Crippen molar-refractivity contribution in [2.24, 2.45) is 0 Å². The molecule has 6 heteroatoms. The van der Waals surface area contributed by atoms with Gasteiger partial charge in [-0.1, -0.05) is 44.2 Å². The average molecular weight is 367 g/mol. The molecule has 1 fully saturated rings. The van der Waals surface area contributed by atoms with Gasteiger partial charge in [-0.05, 0) is 46.1 Å². The van der Waals surface area contributed by atoms with Gasteiger partial charge in [-0.25, -0.2) is 9.59 Å². The number of nitrogens with one attached hydrogen (secondary N) is 1. The van der Waals surface area contributed by atoms with Crippen molar-refractivity contribution >= 4 is 12.1 Å². The van der Waals surface area contributed by atoms with Gasteiger partial charge >= 0.3 is 12.1 Å². The highest BCUT2D eigenvalue weighted by atomic mass is 16.6. The van der Waals surface area contributed by atoms with Crippen molar-refractivity contribution in [1.82, 2.24) is 5.32 Å². The van der Waals surface area contributed by atoms with Crippen molar-refractivity contribution < 1.29 is 24.2 Å². The minimum absolute atomic E-state index is 0.131. The van der Waals surface area contributed by atoms with E-state index in [1.807, 2.05) is 71.9 Å². The second-order valence-electron chi connectivity index (χ2n) is 6.69. The van der Waals surface area contributed by atoms with Crippen molar-refractivity contribution in [1.29, 1.82) is 0 Å². The molecule has 0 spiro atoms. The maximum absolute atomic E-state index is 11.3. The van der Waals surface area contributed by atoms with E-state index in [1.165, 1.54) is 0 Å². The highest BCUT2D eigenvalue weighted by Gasteiger charge is 2.27. The third-order valence-corrected chi connectivity index (χ3v) is 3.19. The van der Waals surface area contributed by atoms with Crippen LogP contribution in [0.15, 0.2) is 30.3 Å². The zero-order valence-electron chi connectivity index (χ0n) is 16.7. The van der Waals surface area contributed by atoms with Crippen molar-refractivity contribution in [2.45, 2.75) is 78.7 Å². The summed E-state index contributed by atoms with van der Waals surface area (Å²) in [5, 5.41) is 11.1. The monoisotopic (exact) mass is 367 g/mol. The fraction of sp³-hybridized carbons (Fsp3) is 0.600. The third kappa shape index (κ3) is 11.5. The normalized spacial score (nSPS) is 18.5. The van der Waals surface area contributed by atoms with Gasteiger partial charge in [0.15, 0.2) is 6.10 Å². The zero-order valence-corrected chi connectivity index (χ0v) is 16.7. The summed E-state index contributed by atoms with van der Waals surface area (Å²) in [7, 11) is 0. The molecule has 0 saturated carbocycles. The lowest BCUT2D eigenvalue weighted by atomic mass is 10.2. The predicted molar refractivity (Wildman–Crippen MR) is 102 cm³/mol. The number of hydrogen-bond donors (Lipinski definition) is 2. The first-order chi connectivity index (χ1) is 12.2. The molecule has 1 amide bonds. The molecule has 0 bridgehead atoms. The van der Waals surface area contributed by atoms with Crippen LogP contribution in [0.2, 0.25) is 0 Å². The lowest BCUT2D eigenvalue weighted by molar-refractivity contribution is -0.149. The molecular weight excluding hydrogens is 334 g/mol. The molecule has 2 unspecified atom stereocenters. The molecule has 1 aliphatic heterocycles. The van der Waals surface area contributed by atoms with E-state index in [1.54, 1.807) is 0 Å². The Bertz CT molecular complexity index is 525. The Kier molecular flexibility index (Phi) is 11.3. The summed E-state index contributed by atoms with van der Waals surface area (Å²) in [6, 6.07) is 9.73. The first-order valence-corrected chi connectivity index (χ1v) is 9.06. The Labute approximate surface area is 156 Å². The van der Waals surface area contributed by atoms with Crippen LogP contribution < -0.4 is 5.32 Å². The van der Waals surface area contributed by atoms with Gasteiger partial charge in [-0.2, -0.15) is 0 Å². The lowest BCUT2D eigenvalue weighted by Crippen LogP contribution is -2.32. The largest absolute Gasteiger partial charge is 0.479 e. The smallest absolute Gasteiger partial charge is 0.407 e. The summed E-state index contributed by atoms with van der Waals surface area (Å²) >= 11 is 0. The summed E-state index contributed by atoms with van der Waals surface area (Å²) in [5.74, 6) is -0.834. The highest BCUT2D eigenvalue weighted by Crippen LogP contribution is 2.18. The second-order valence-corrected chi connectivity index (χ2v) is 6.69. The molecule has 26 heavy (non-hydrogen) atoms. The van der Waals surface area contributed by atoms with Crippen LogP contribution in [0.25, 0.3) is 0 Å². The molecule has 2 N–H and O–H groups in total. The third-order valence-electron chi connectivity index (χ3n) is 3.19. The zero-order chi connectivity index (χ0) is 20.2. The van der Waals surface area contributed by atoms with Crippen molar-refractivity contribution in [3.8, 4) is 0 Å². The van der Waals surface area contributed by atoms with Gasteiger partial charge < -0.3 is 19.9 Å². The number of carboxylic acids is 1. The van der Waals surface area contributed by atoms with Crippen molar-refractivity contribution in [3.05, 3.63) is 35.9 Å². The number of carbonyl (C=O) groups is 2. The Morgan fingerprint density at radius 1 is 1.19 bits per heavy atom. The summed E-state index contributed by atoms with van der Waals surface area (Å²) in [6.45, 7) is 11.9. The van der Waals surface area contributed by atoms with Crippen LogP contribution in [-0.4, -0.2) is 35.0 Å². The van der Waals surface area contributed by atoms with E-state index in [-0.39, 0.29) is 12.2 Å². The van der Waals surface area contributed by atoms with E-state index in [0.29, 0.717) is 13.0 Å². The van der Waals surface area contributed by atoms with Gasteiger partial charge in [0.2, 0.25) is 0 Å². The van der Waals surface area contributed by atoms with E-state index in [2.05, 4.69) is 5.32 Å². The van der Waals surface area contributed by atoms with E-state index in [9.17, 15) is 9.59 Å². The van der Waals surface area contributed by atoms with Crippen LogP contribution in [0.1, 0.15) is 59.9 Å². The Balaban J connectivity index is 0.000000484. The highest BCUT2D eigenvalue weighted by molar-refractivity contribution is 5.72. The Morgan fingerprint density at radius 2 is 1.77 bits per heavy atom. The number of amides is 1. The first-order valence-electron chi connectivity index (χ1n) is 9.06. The molecule has 0 radical (unpaired) electrons. The van der Waals surface area contributed by atoms with Crippen molar-refractivity contribution in [3.63, 3.8) is 0 Å². The van der Waals surface area contributed by atoms with E-state index < -0.39 is 17.7 Å². The van der Waals surface area contributed by atoms with E-state index in [4.69, 9.17) is 14.6 Å². The maximum atomic E-state index is 11.3. The van der Waals surface area contributed by atoms with Crippen LogP contribution >= 0.6 is 0 Å². The summed E-state index contributed by atoms with van der Waals surface area (Å²) in [5.41, 5.74) is 0.615. The predicted octanol–water partition coefficient (Wildman–Crippen LogP) is 4.38. The molecule has 0 aromatic heterocycles. The summed E-state index contributed by atoms with van der Waals surface area (Å²) < 4.78 is 10.1. The summed E-state index contributed by atoms with van der Waals surface area (Å²) in [4.78, 5) is 21.5. The number of ether oxygens (including phenoxy) is 2. The van der Waals surface area contributed by atoms with Crippen LogP contribution in [-0.2, 0) is 20.8 Å². The molecule has 2 atom stereocenters. The first kappa shape index (κ1) is 23.9. The van der Waals surface area contributed by atoms with Crippen molar-refractivity contribution in [2.75, 3.05) is 0 Å². The number of aliphatic carboxylic acids is 1. The Hall–Kier alpha value is -2.08. The minimum Gasteiger partial charge on any atom is -0.479 e. The van der Waals surface area contributed by atoms with Crippen LogP contribution in [0.4, 0.5) is 4.79 Å². The molecular formula is C20H33NO5. The molecule has 6 nitrogen and oxygen atoms in total. The van der Waals surface area contributed by atoms with E-state index in [0.717, 1.165) is 12.0 Å². The number of carbonyl (C=O) groups excluding carboxylic acids is 1. The molecule has 2 rings (SSSR count). The average Bonchev–Trinajstić information content (AvgIpc) is 3.02. The molecule has 1 aliphatic rings. The van der Waals surface area contributed by atoms with Gasteiger partial charge in [-0.3, -0.25) is 0 Å². The minimum atomic E-state index is -0.834. The standard InChI is InChI=1S/C12H17NO2.C6H10O3.C2H6/c1-12(2,3)15-11(14)13-9-10-7-5-4-6-8-10;1-4-2-3-5(9-4)6(7)8;1-2/h4-8H,9H2,1-3H3,(H,13,14);4-5H,2-3H2,1H3,(H,7,8);1-2H3. The number of rotatable bonds is 3. The maximum Gasteiger partial charge on any atom is 0.407 e. The lowest BCUT2D eigenvalue weighted by Gasteiger charge is -2.19. The quantitative estimate of drug-likeness (QED) is 0.828. The van der Waals surface area contributed by atoms with E-state index >= 15 is 0 Å². The fourth-order valence-electron chi connectivity index (χ4n) is 2.07. The molecule has 1 aromatic carbocycles. The van der Waals surface area contributed by atoms with Gasteiger partial charge in [0.05, 0.1) is 6.10 Å². The van der Waals surface area contributed by atoms with Crippen LogP contribution in [0.5, 0.6) is 0 Å². The van der Waals surface area contributed by atoms with Gasteiger partial charge in [0.1, 0.15) is 5.60 Å². The van der Waals surface area contributed by atoms with Crippen LogP contribution in [0.3, 0.4) is 0 Å². The number of benzene rings is 1. The molecule has 148 valence electrons. The number of carboxylic acid groups (broad SMARTS) is 1. The Morgan fingerprint density at radius 3 is 2.15 bits per heavy atom. The van der Waals surface area contributed by atoms with Gasteiger partial charge in [0.25, 0.3) is 0 Å². The topological polar surface area (TPSA) is 84.9 Å². The SMILES string of the molecule is CC.CC(C)(C)OC(=O)NCc1ccccc1.CC1CCC(C(=O)O)O1. The summed E-state index contributed by atoms with van der Waals surface area (Å²) in [6.07, 6.45) is 0.741. The molecule has 1 heterocycles. The second kappa shape index (κ2) is 12.3. The number of alkyl carbamates (subject to hydrolysis) is 1. The van der Waals surface area contributed by atoms with Gasteiger partial charge in [0, 0.05) is 6.54 Å². The molecule has 0 aliphatic carbocycles. The fourth-order valence-corrected chi connectivity index (χ4v) is 2.07. The number of hydrogen-bond acceptors (Lipinski definition) is 4.